The number of amides is 1. The second-order valence-corrected chi connectivity index (χ2v) is 7.64. The van der Waals surface area contributed by atoms with Crippen molar-refractivity contribution in [2.75, 3.05) is 49.7 Å². The summed E-state index contributed by atoms with van der Waals surface area (Å²) in [6.07, 6.45) is 2.90. The molecule has 1 aliphatic rings. The molecule has 0 radical (unpaired) electrons. The number of hydrogen-bond acceptors (Lipinski definition) is 8. The van der Waals surface area contributed by atoms with E-state index >= 15 is 0 Å². The van der Waals surface area contributed by atoms with Crippen LogP contribution in [0.15, 0.2) is 34.7 Å². The van der Waals surface area contributed by atoms with Gasteiger partial charge in [0.15, 0.2) is 4.96 Å². The third-order valence-corrected chi connectivity index (χ3v) is 5.62. The third-order valence-electron chi connectivity index (χ3n) is 4.85. The number of fused-ring (bicyclic) bond motifs is 1. The van der Waals surface area contributed by atoms with Crippen LogP contribution in [0.1, 0.15) is 24.2 Å². The second-order valence-electron chi connectivity index (χ2n) is 6.77. The normalized spacial score (nSPS) is 13.9. The molecule has 3 heterocycles. The highest BCUT2D eigenvalue weighted by molar-refractivity contribution is 7.15. The monoisotopic (exact) mass is 444 g/mol. The number of nitrogens with one attached hydrogen (secondary N) is 1. The van der Waals surface area contributed by atoms with Crippen LogP contribution in [0.3, 0.4) is 0 Å². The minimum Gasteiger partial charge on any atom is -0.492 e. The topological polar surface area (TPSA) is 94.4 Å². The van der Waals surface area contributed by atoms with E-state index in [1.807, 2.05) is 19.9 Å². The molecule has 1 N–H and O–H groups in total. The zero-order valence-corrected chi connectivity index (χ0v) is 18.2. The molecule has 4 rings (SSSR count). The number of morpholine rings is 1. The van der Waals surface area contributed by atoms with Crippen molar-refractivity contribution in [2.45, 2.75) is 13.8 Å². The van der Waals surface area contributed by atoms with Crippen molar-refractivity contribution in [3.05, 3.63) is 45.8 Å². The van der Waals surface area contributed by atoms with Crippen LogP contribution in [0.5, 0.6) is 11.5 Å². The predicted molar refractivity (Wildman–Crippen MR) is 119 cm³/mol. The molecular weight excluding hydrogens is 420 g/mol. The highest BCUT2D eigenvalue weighted by Gasteiger charge is 2.22. The van der Waals surface area contributed by atoms with Crippen molar-refractivity contribution in [3.8, 4) is 11.5 Å². The molecule has 1 fully saturated rings. The van der Waals surface area contributed by atoms with Gasteiger partial charge in [0, 0.05) is 43.0 Å². The Morgan fingerprint density at radius 3 is 2.68 bits per heavy atom. The summed E-state index contributed by atoms with van der Waals surface area (Å²) < 4.78 is 18.5. The molecule has 164 valence electrons. The standard InChI is InChI=1S/C21H24N4O5S/c1-3-29-17-12-16(24-5-8-28-9-6-24)18(30-4-2)11-15(17)23-19(26)14-13-22-21-25(20(14)27)7-10-31-21/h7,10-13H,3-6,8-9H2,1-2H3,(H,23,26). The lowest BCUT2D eigenvalue weighted by molar-refractivity contribution is 0.102. The first-order valence-electron chi connectivity index (χ1n) is 10.1. The molecular formula is C21H24N4O5S. The quantitative estimate of drug-likeness (QED) is 0.599. The number of carbonyl (C=O) groups excluding carboxylic acids is 1. The van der Waals surface area contributed by atoms with Crippen LogP contribution in [-0.2, 0) is 4.74 Å². The van der Waals surface area contributed by atoms with Gasteiger partial charge in [0.25, 0.3) is 11.5 Å². The van der Waals surface area contributed by atoms with Crippen LogP contribution in [0.25, 0.3) is 4.96 Å². The molecule has 1 amide bonds. The Kier molecular flexibility index (Phi) is 6.38. The van der Waals surface area contributed by atoms with Gasteiger partial charge in [-0.2, -0.15) is 0 Å². The lowest BCUT2D eigenvalue weighted by Gasteiger charge is -2.31. The first-order chi connectivity index (χ1) is 15.1. The first-order valence-corrected chi connectivity index (χ1v) is 11.0. The number of anilines is 2. The molecule has 0 aliphatic carbocycles. The molecule has 0 unspecified atom stereocenters. The number of hydrogen-bond donors (Lipinski definition) is 1. The highest BCUT2D eigenvalue weighted by Crippen LogP contribution is 2.39. The van der Waals surface area contributed by atoms with Gasteiger partial charge in [0.2, 0.25) is 0 Å². The Labute approximate surface area is 183 Å². The van der Waals surface area contributed by atoms with Gasteiger partial charge in [0.05, 0.1) is 37.8 Å². The summed E-state index contributed by atoms with van der Waals surface area (Å²) >= 11 is 1.33. The van der Waals surface area contributed by atoms with Crippen molar-refractivity contribution < 1.29 is 19.0 Å². The average Bonchev–Trinajstić information content (AvgIpc) is 3.26. The van der Waals surface area contributed by atoms with Gasteiger partial charge >= 0.3 is 0 Å². The summed E-state index contributed by atoms with van der Waals surface area (Å²) in [5.41, 5.74) is 0.848. The Morgan fingerprint density at radius 2 is 1.94 bits per heavy atom. The molecule has 1 saturated heterocycles. The summed E-state index contributed by atoms with van der Waals surface area (Å²) in [5.74, 6) is 0.581. The lowest BCUT2D eigenvalue weighted by atomic mass is 10.2. The number of ether oxygens (including phenoxy) is 3. The molecule has 0 spiro atoms. The summed E-state index contributed by atoms with van der Waals surface area (Å²) in [6.45, 7) is 7.41. The number of nitrogens with zero attached hydrogens (tertiary/aromatic N) is 3. The highest BCUT2D eigenvalue weighted by atomic mass is 32.1. The Morgan fingerprint density at radius 1 is 1.19 bits per heavy atom. The fraction of sp³-hybridized carbons (Fsp3) is 0.381. The van der Waals surface area contributed by atoms with Gasteiger partial charge in [-0.1, -0.05) is 0 Å². The Balaban J connectivity index is 1.70. The molecule has 0 bridgehead atoms. The Bertz CT molecular complexity index is 1140. The molecule has 10 heteroatoms. The molecule has 31 heavy (non-hydrogen) atoms. The van der Waals surface area contributed by atoms with Crippen molar-refractivity contribution in [2.24, 2.45) is 0 Å². The minimum absolute atomic E-state index is 0.0476. The van der Waals surface area contributed by atoms with Crippen LogP contribution in [-0.4, -0.2) is 54.8 Å². The van der Waals surface area contributed by atoms with Gasteiger partial charge in [-0.25, -0.2) is 4.98 Å². The van der Waals surface area contributed by atoms with Crippen molar-refractivity contribution >= 4 is 33.6 Å². The van der Waals surface area contributed by atoms with E-state index in [0.717, 1.165) is 18.8 Å². The van der Waals surface area contributed by atoms with E-state index in [-0.39, 0.29) is 5.56 Å². The van der Waals surface area contributed by atoms with E-state index in [0.29, 0.717) is 48.6 Å². The number of carbonyl (C=O) groups is 1. The molecule has 9 nitrogen and oxygen atoms in total. The van der Waals surface area contributed by atoms with Crippen LogP contribution in [0.2, 0.25) is 0 Å². The van der Waals surface area contributed by atoms with Gasteiger partial charge in [-0.15, -0.1) is 11.3 Å². The summed E-state index contributed by atoms with van der Waals surface area (Å²) in [6, 6.07) is 3.61. The van der Waals surface area contributed by atoms with Crippen LogP contribution < -0.4 is 25.2 Å². The number of thiazole rings is 1. The first kappa shape index (κ1) is 21.1. The second kappa shape index (κ2) is 9.36. The maximum absolute atomic E-state index is 12.9. The third kappa shape index (κ3) is 4.35. The smallest absolute Gasteiger partial charge is 0.271 e. The summed E-state index contributed by atoms with van der Waals surface area (Å²) in [5, 5.41) is 4.55. The minimum atomic E-state index is -0.555. The van der Waals surface area contributed by atoms with Gasteiger partial charge in [-0.05, 0) is 13.8 Å². The number of aromatic nitrogens is 2. The zero-order chi connectivity index (χ0) is 21.8. The van der Waals surface area contributed by atoms with E-state index in [9.17, 15) is 9.59 Å². The average molecular weight is 445 g/mol. The molecule has 0 saturated carbocycles. The van der Waals surface area contributed by atoms with Crippen molar-refractivity contribution in [1.29, 1.82) is 0 Å². The molecule has 0 atom stereocenters. The predicted octanol–water partition coefficient (Wildman–Crippen LogP) is 2.64. The van der Waals surface area contributed by atoms with Crippen LogP contribution in [0.4, 0.5) is 11.4 Å². The largest absolute Gasteiger partial charge is 0.492 e. The van der Waals surface area contributed by atoms with Crippen molar-refractivity contribution in [3.63, 3.8) is 0 Å². The van der Waals surface area contributed by atoms with E-state index in [1.165, 1.54) is 21.9 Å². The lowest BCUT2D eigenvalue weighted by Crippen LogP contribution is -2.36. The van der Waals surface area contributed by atoms with E-state index < -0.39 is 11.5 Å². The van der Waals surface area contributed by atoms with E-state index in [4.69, 9.17) is 14.2 Å². The summed E-state index contributed by atoms with van der Waals surface area (Å²) in [7, 11) is 0. The van der Waals surface area contributed by atoms with Crippen molar-refractivity contribution in [1.82, 2.24) is 9.38 Å². The zero-order valence-electron chi connectivity index (χ0n) is 17.4. The molecule has 3 aromatic rings. The van der Waals surface area contributed by atoms with E-state index in [2.05, 4.69) is 15.2 Å². The van der Waals surface area contributed by atoms with Crippen LogP contribution in [0, 0.1) is 0 Å². The summed E-state index contributed by atoms with van der Waals surface area (Å²) in [4.78, 5) is 32.5. The fourth-order valence-corrected chi connectivity index (χ4v) is 4.09. The maximum atomic E-state index is 12.9. The maximum Gasteiger partial charge on any atom is 0.271 e. The Hall–Kier alpha value is -3.11. The van der Waals surface area contributed by atoms with Gasteiger partial charge < -0.3 is 24.4 Å². The number of benzene rings is 1. The molecule has 1 aliphatic heterocycles. The number of rotatable bonds is 7. The SMILES string of the molecule is CCOc1cc(N2CCOCC2)c(OCC)cc1NC(=O)c1cnc2sccn2c1=O. The van der Waals surface area contributed by atoms with E-state index in [1.54, 1.807) is 17.6 Å². The molecule has 2 aromatic heterocycles. The van der Waals surface area contributed by atoms with Gasteiger partial charge in [0.1, 0.15) is 17.1 Å². The van der Waals surface area contributed by atoms with Crippen LogP contribution >= 0.6 is 11.3 Å². The van der Waals surface area contributed by atoms with Gasteiger partial charge in [-0.3, -0.25) is 14.0 Å². The fourth-order valence-electron chi connectivity index (χ4n) is 3.41. The molecule has 1 aromatic carbocycles.